The number of carbonyl (C=O) groups is 1. The maximum atomic E-state index is 12.2. The van der Waals surface area contributed by atoms with Crippen LogP contribution in [0.25, 0.3) is 0 Å². The number of nitrogens with one attached hydrogen (secondary N) is 1. The van der Waals surface area contributed by atoms with E-state index < -0.39 is 0 Å². The first kappa shape index (κ1) is 22.2. The smallest absolute Gasteiger partial charge is 0.220 e. The van der Waals surface area contributed by atoms with Crippen molar-refractivity contribution in [2.45, 2.75) is 60.3 Å². The molecule has 2 N–H and O–H groups in total. The largest absolute Gasteiger partial charge is 0.508 e. The summed E-state index contributed by atoms with van der Waals surface area (Å²) in [6, 6.07) is 0. The molecule has 0 saturated carbocycles. The third kappa shape index (κ3) is 6.81. The van der Waals surface area contributed by atoms with Crippen molar-refractivity contribution in [1.29, 1.82) is 0 Å². The van der Waals surface area contributed by atoms with Crippen LogP contribution >= 0.6 is 0 Å². The average Bonchev–Trinajstić information content (AvgIpc) is 2.87. The molecular formula is C22H36N2O2. The van der Waals surface area contributed by atoms with Gasteiger partial charge < -0.3 is 10.4 Å². The number of amides is 1. The summed E-state index contributed by atoms with van der Waals surface area (Å²) in [4.78, 5) is 17.0. The van der Waals surface area contributed by atoms with Gasteiger partial charge in [0.25, 0.3) is 0 Å². The van der Waals surface area contributed by atoms with E-state index in [1.807, 2.05) is 19.9 Å². The zero-order chi connectivity index (χ0) is 19.5. The van der Waals surface area contributed by atoms with Crippen molar-refractivity contribution >= 4 is 11.6 Å². The van der Waals surface area contributed by atoms with Crippen molar-refractivity contribution in [2.75, 3.05) is 13.1 Å². The molecule has 2 atom stereocenters. The number of allylic oxidation sites excluding steroid dienone is 5. The number of aliphatic hydroxyl groups excluding tert-OH is 1. The lowest BCUT2D eigenvalue weighted by Gasteiger charge is -2.21. The van der Waals surface area contributed by atoms with Gasteiger partial charge in [0.05, 0.1) is 0 Å². The number of hydrogen-bond donors (Lipinski definition) is 2. The number of nitrogens with zero attached hydrogens (tertiary/aromatic N) is 1. The summed E-state index contributed by atoms with van der Waals surface area (Å²) in [5.41, 5.74) is 2.21. The Kier molecular flexibility index (Phi) is 10.0. The first-order chi connectivity index (χ1) is 12.5. The van der Waals surface area contributed by atoms with Gasteiger partial charge in [0, 0.05) is 31.1 Å². The lowest BCUT2D eigenvalue weighted by molar-refractivity contribution is -0.122. The number of aliphatic imine (C=N–C) groups is 1. The Bertz CT molecular complexity index is 571. The summed E-state index contributed by atoms with van der Waals surface area (Å²) in [6.45, 7) is 11.8. The van der Waals surface area contributed by atoms with Crippen molar-refractivity contribution in [1.82, 2.24) is 5.32 Å². The van der Waals surface area contributed by atoms with E-state index >= 15 is 0 Å². The fourth-order valence-corrected chi connectivity index (χ4v) is 3.32. The van der Waals surface area contributed by atoms with Gasteiger partial charge in [-0.15, -0.1) is 0 Å². The van der Waals surface area contributed by atoms with E-state index in [1.54, 1.807) is 12.2 Å². The summed E-state index contributed by atoms with van der Waals surface area (Å²) < 4.78 is 0. The monoisotopic (exact) mass is 360 g/mol. The molecule has 1 aliphatic heterocycles. The fraction of sp³-hybridized carbons (Fsp3) is 0.636. The molecule has 2 unspecified atom stereocenters. The van der Waals surface area contributed by atoms with Crippen LogP contribution in [0, 0.1) is 17.8 Å². The van der Waals surface area contributed by atoms with Gasteiger partial charge in [-0.1, -0.05) is 47.1 Å². The van der Waals surface area contributed by atoms with Crippen molar-refractivity contribution in [2.24, 2.45) is 22.7 Å². The van der Waals surface area contributed by atoms with E-state index in [9.17, 15) is 9.90 Å². The molecule has 4 heteroatoms. The van der Waals surface area contributed by atoms with E-state index in [0.717, 1.165) is 37.2 Å². The zero-order valence-electron chi connectivity index (χ0n) is 17.1. The second kappa shape index (κ2) is 11.7. The van der Waals surface area contributed by atoms with Crippen LogP contribution < -0.4 is 5.32 Å². The second-order valence-corrected chi connectivity index (χ2v) is 7.14. The molecule has 26 heavy (non-hydrogen) atoms. The summed E-state index contributed by atoms with van der Waals surface area (Å²) in [7, 11) is 0. The molecule has 146 valence electrons. The van der Waals surface area contributed by atoms with Crippen LogP contribution in [-0.2, 0) is 4.79 Å². The number of rotatable bonds is 7. The van der Waals surface area contributed by atoms with Gasteiger partial charge in [-0.2, -0.15) is 0 Å². The maximum absolute atomic E-state index is 12.2. The van der Waals surface area contributed by atoms with E-state index in [-0.39, 0.29) is 11.8 Å². The average molecular weight is 361 g/mol. The number of aliphatic hydroxyl groups is 1. The quantitative estimate of drug-likeness (QED) is 0.672. The topological polar surface area (TPSA) is 61.7 Å². The molecule has 0 aromatic carbocycles. The number of carbonyl (C=O) groups excluding carboxylic acids is 1. The Morgan fingerprint density at radius 1 is 1.31 bits per heavy atom. The lowest BCUT2D eigenvalue weighted by atomic mass is 9.82. The first-order valence-electron chi connectivity index (χ1n) is 10.1. The highest BCUT2D eigenvalue weighted by atomic mass is 16.3. The van der Waals surface area contributed by atoms with E-state index in [0.29, 0.717) is 30.4 Å². The Balaban J connectivity index is 0.00000163. The molecule has 1 heterocycles. The van der Waals surface area contributed by atoms with Gasteiger partial charge in [-0.25, -0.2) is 0 Å². The minimum atomic E-state index is 0.135. The molecule has 0 aromatic heterocycles. The normalized spacial score (nSPS) is 22.0. The molecule has 1 aliphatic carbocycles. The van der Waals surface area contributed by atoms with Gasteiger partial charge in [-0.05, 0) is 48.5 Å². The Labute approximate surface area is 159 Å². The first-order valence-corrected chi connectivity index (χ1v) is 10.1. The van der Waals surface area contributed by atoms with Crippen LogP contribution in [0.5, 0.6) is 0 Å². The third-order valence-electron chi connectivity index (χ3n) is 4.57. The molecule has 2 aliphatic rings. The molecule has 0 aromatic rings. The van der Waals surface area contributed by atoms with E-state index in [2.05, 4.69) is 32.2 Å². The predicted molar refractivity (Wildman–Crippen MR) is 111 cm³/mol. The predicted octanol–water partition coefficient (Wildman–Crippen LogP) is 4.99. The Morgan fingerprint density at radius 2 is 2.04 bits per heavy atom. The fourth-order valence-electron chi connectivity index (χ4n) is 3.32. The van der Waals surface area contributed by atoms with Crippen molar-refractivity contribution < 1.29 is 9.90 Å². The number of hydrogen-bond acceptors (Lipinski definition) is 3. The van der Waals surface area contributed by atoms with Gasteiger partial charge in [0.2, 0.25) is 5.91 Å². The minimum absolute atomic E-state index is 0.135. The van der Waals surface area contributed by atoms with Crippen LogP contribution in [0.1, 0.15) is 60.3 Å². The lowest BCUT2D eigenvalue weighted by Crippen LogP contribution is -2.31. The molecule has 4 nitrogen and oxygen atoms in total. The summed E-state index contributed by atoms with van der Waals surface area (Å²) in [5, 5.41) is 12.7. The van der Waals surface area contributed by atoms with Gasteiger partial charge in [0.15, 0.2) is 0 Å². The maximum Gasteiger partial charge on any atom is 0.220 e. The van der Waals surface area contributed by atoms with Crippen LogP contribution in [0.3, 0.4) is 0 Å². The summed E-state index contributed by atoms with van der Waals surface area (Å²) in [5.74, 6) is 1.52. The van der Waals surface area contributed by atoms with Crippen LogP contribution in [0.15, 0.2) is 40.6 Å². The minimum Gasteiger partial charge on any atom is -0.508 e. The molecule has 0 bridgehead atoms. The SMILES string of the molecule is CC.CCCC1C(C2=CCC=C(O)C=C2)=NCC1CC(=O)NCC(C)C. The second-order valence-electron chi connectivity index (χ2n) is 7.14. The summed E-state index contributed by atoms with van der Waals surface area (Å²) >= 11 is 0. The van der Waals surface area contributed by atoms with Gasteiger partial charge in [0.1, 0.15) is 5.76 Å². The Hall–Kier alpha value is -1.84. The summed E-state index contributed by atoms with van der Waals surface area (Å²) in [6.07, 6.45) is 11.0. The molecule has 0 spiro atoms. The zero-order valence-corrected chi connectivity index (χ0v) is 17.1. The molecule has 0 fully saturated rings. The van der Waals surface area contributed by atoms with Gasteiger partial charge in [-0.3, -0.25) is 9.79 Å². The third-order valence-corrected chi connectivity index (χ3v) is 4.57. The van der Waals surface area contributed by atoms with Crippen LogP contribution in [0.4, 0.5) is 0 Å². The highest BCUT2D eigenvalue weighted by Gasteiger charge is 2.33. The van der Waals surface area contributed by atoms with E-state index in [4.69, 9.17) is 4.99 Å². The molecule has 0 radical (unpaired) electrons. The Morgan fingerprint density at radius 3 is 2.69 bits per heavy atom. The van der Waals surface area contributed by atoms with Crippen molar-refractivity contribution in [3.8, 4) is 0 Å². The van der Waals surface area contributed by atoms with Crippen molar-refractivity contribution in [3.63, 3.8) is 0 Å². The van der Waals surface area contributed by atoms with E-state index in [1.165, 1.54) is 0 Å². The van der Waals surface area contributed by atoms with Crippen LogP contribution in [0.2, 0.25) is 0 Å². The van der Waals surface area contributed by atoms with Crippen LogP contribution in [-0.4, -0.2) is 29.8 Å². The molecular weight excluding hydrogens is 324 g/mol. The standard InChI is InChI=1S/C20H30N2O2.C2H6/c1-4-6-18-16(11-19(24)21-12-14(2)3)13-22-20(18)15-7-5-8-17(23)10-9-15;1-2/h7-10,14,16,18,23H,4-6,11-13H2,1-3H3,(H,21,24);1-2H3. The molecule has 2 rings (SSSR count). The highest BCUT2D eigenvalue weighted by molar-refractivity contribution is 6.05. The van der Waals surface area contributed by atoms with Gasteiger partial charge >= 0.3 is 0 Å². The molecule has 0 saturated heterocycles. The molecule has 1 amide bonds. The highest BCUT2D eigenvalue weighted by Crippen LogP contribution is 2.32. The van der Waals surface area contributed by atoms with Crippen molar-refractivity contribution in [3.05, 3.63) is 35.6 Å².